The van der Waals surface area contributed by atoms with Gasteiger partial charge in [0, 0.05) is 28.9 Å². The number of nitrogens with zero attached hydrogens (tertiary/aromatic N) is 1. The number of halogens is 3. The summed E-state index contributed by atoms with van der Waals surface area (Å²) >= 11 is 0. The maximum absolute atomic E-state index is 12.8. The Bertz CT molecular complexity index is 1000. The minimum Gasteiger partial charge on any atom is -0.351 e. The highest BCUT2D eigenvalue weighted by Gasteiger charge is 2.35. The Morgan fingerprint density at radius 2 is 1.78 bits per heavy atom. The van der Waals surface area contributed by atoms with Gasteiger partial charge in [0.05, 0.1) is 22.4 Å². The molecule has 0 amide bonds. The highest BCUT2D eigenvalue weighted by molar-refractivity contribution is 6.31. The standard InChI is InChI=1S/C16H7F3N2O2/c17-16(18,19)7-1-2-9-11(5-7)21-13-12(9)14(22)10-6-20-4-3-8(10)15(13)23/h1-6,21H. The van der Waals surface area contributed by atoms with Crippen molar-refractivity contribution in [2.45, 2.75) is 6.18 Å². The maximum atomic E-state index is 12.8. The third-order valence-corrected chi connectivity index (χ3v) is 3.89. The highest BCUT2D eigenvalue weighted by Crippen LogP contribution is 2.36. The summed E-state index contributed by atoms with van der Waals surface area (Å²) in [5.41, 5.74) is -0.275. The molecule has 0 fully saturated rings. The highest BCUT2D eigenvalue weighted by atomic mass is 19.4. The number of H-pyrrole nitrogens is 1. The SMILES string of the molecule is O=C1c2ccncc2C(=O)c2c1[nH]c1cc(C(F)(F)F)ccc21. The molecule has 0 bridgehead atoms. The topological polar surface area (TPSA) is 62.8 Å². The Balaban J connectivity index is 2.01. The molecule has 4 rings (SSSR count). The van der Waals surface area contributed by atoms with Crippen LogP contribution in [0.15, 0.2) is 36.7 Å². The van der Waals surface area contributed by atoms with E-state index in [4.69, 9.17) is 0 Å². The molecule has 0 aliphatic heterocycles. The van der Waals surface area contributed by atoms with Gasteiger partial charge in [-0.05, 0) is 18.2 Å². The van der Waals surface area contributed by atoms with Gasteiger partial charge in [0.1, 0.15) is 0 Å². The van der Waals surface area contributed by atoms with Crippen molar-refractivity contribution in [3.05, 3.63) is 64.6 Å². The summed E-state index contributed by atoms with van der Waals surface area (Å²) < 4.78 is 38.4. The molecule has 0 unspecified atom stereocenters. The van der Waals surface area contributed by atoms with Crippen LogP contribution in [-0.4, -0.2) is 21.5 Å². The van der Waals surface area contributed by atoms with Gasteiger partial charge in [0.15, 0.2) is 5.78 Å². The minimum atomic E-state index is -4.50. The summed E-state index contributed by atoms with van der Waals surface area (Å²) in [6.07, 6.45) is -1.82. The number of ketones is 2. The molecule has 4 nitrogen and oxygen atoms in total. The predicted octanol–water partition coefficient (Wildman–Crippen LogP) is 3.36. The van der Waals surface area contributed by atoms with Crippen molar-refractivity contribution in [1.82, 2.24) is 9.97 Å². The molecule has 1 aliphatic rings. The van der Waals surface area contributed by atoms with E-state index in [0.29, 0.717) is 5.39 Å². The first-order chi connectivity index (χ1) is 10.9. The lowest BCUT2D eigenvalue weighted by Crippen LogP contribution is -2.20. The van der Waals surface area contributed by atoms with Gasteiger partial charge in [-0.2, -0.15) is 13.2 Å². The zero-order chi connectivity index (χ0) is 16.4. The van der Waals surface area contributed by atoms with E-state index in [1.165, 1.54) is 24.5 Å². The molecule has 0 spiro atoms. The van der Waals surface area contributed by atoms with Gasteiger partial charge in [0.25, 0.3) is 0 Å². The zero-order valence-corrected chi connectivity index (χ0v) is 11.4. The second-order valence-corrected chi connectivity index (χ2v) is 5.21. The Labute approximate surface area is 127 Å². The first-order valence-electron chi connectivity index (χ1n) is 6.64. The van der Waals surface area contributed by atoms with E-state index in [-0.39, 0.29) is 27.9 Å². The van der Waals surface area contributed by atoms with Crippen LogP contribution in [0.3, 0.4) is 0 Å². The summed E-state index contributed by atoms with van der Waals surface area (Å²) in [5, 5.41) is 0.292. The number of aromatic amines is 1. The molecule has 0 atom stereocenters. The van der Waals surface area contributed by atoms with Gasteiger partial charge in [-0.3, -0.25) is 14.6 Å². The number of nitrogens with one attached hydrogen (secondary N) is 1. The smallest absolute Gasteiger partial charge is 0.351 e. The number of fused-ring (bicyclic) bond motifs is 4. The number of carbonyl (C=O) groups is 2. The van der Waals surface area contributed by atoms with Gasteiger partial charge in [-0.25, -0.2) is 0 Å². The zero-order valence-electron chi connectivity index (χ0n) is 11.4. The number of carbonyl (C=O) groups excluding carboxylic acids is 2. The Morgan fingerprint density at radius 3 is 2.52 bits per heavy atom. The van der Waals surface area contributed by atoms with E-state index < -0.39 is 23.3 Å². The molecule has 23 heavy (non-hydrogen) atoms. The predicted molar refractivity (Wildman–Crippen MR) is 74.4 cm³/mol. The van der Waals surface area contributed by atoms with Crippen LogP contribution in [0.25, 0.3) is 10.9 Å². The quantitative estimate of drug-likeness (QED) is 0.541. The molecule has 1 aliphatic carbocycles. The molecule has 7 heteroatoms. The summed E-state index contributed by atoms with van der Waals surface area (Å²) in [7, 11) is 0. The van der Waals surface area contributed by atoms with Crippen LogP contribution in [0.4, 0.5) is 13.2 Å². The van der Waals surface area contributed by atoms with Crippen molar-refractivity contribution in [3.8, 4) is 0 Å². The number of alkyl halides is 3. The third-order valence-electron chi connectivity index (χ3n) is 3.89. The van der Waals surface area contributed by atoms with Crippen molar-refractivity contribution in [2.75, 3.05) is 0 Å². The lowest BCUT2D eigenvalue weighted by atomic mass is 9.88. The molecule has 0 saturated carbocycles. The van der Waals surface area contributed by atoms with Crippen molar-refractivity contribution in [3.63, 3.8) is 0 Å². The first kappa shape index (κ1) is 13.7. The van der Waals surface area contributed by atoms with Gasteiger partial charge >= 0.3 is 6.18 Å². The van der Waals surface area contributed by atoms with Gasteiger partial charge < -0.3 is 4.98 Å². The fraction of sp³-hybridized carbons (Fsp3) is 0.0625. The molecule has 1 N–H and O–H groups in total. The van der Waals surface area contributed by atoms with E-state index in [1.807, 2.05) is 0 Å². The first-order valence-corrected chi connectivity index (χ1v) is 6.64. The number of hydrogen-bond acceptors (Lipinski definition) is 3. The molecular formula is C16H7F3N2O2. The van der Waals surface area contributed by atoms with Crippen molar-refractivity contribution in [1.29, 1.82) is 0 Å². The van der Waals surface area contributed by atoms with Gasteiger partial charge in [-0.15, -0.1) is 0 Å². The van der Waals surface area contributed by atoms with E-state index in [0.717, 1.165) is 12.1 Å². The molecule has 2 aromatic heterocycles. The summed E-state index contributed by atoms with van der Waals surface area (Å²) in [6, 6.07) is 4.43. The lowest BCUT2D eigenvalue weighted by Gasteiger charge is -2.13. The molecule has 1 aromatic carbocycles. The lowest BCUT2D eigenvalue weighted by molar-refractivity contribution is -0.137. The second kappa shape index (κ2) is 4.28. The molecule has 0 saturated heterocycles. The third kappa shape index (κ3) is 1.82. The Kier molecular flexibility index (Phi) is 2.55. The number of aromatic nitrogens is 2. The maximum Gasteiger partial charge on any atom is 0.416 e. The summed E-state index contributed by atoms with van der Waals surface area (Å²) in [5.74, 6) is -0.851. The van der Waals surface area contributed by atoms with Crippen LogP contribution in [0.5, 0.6) is 0 Å². The van der Waals surface area contributed by atoms with Crippen molar-refractivity contribution in [2.24, 2.45) is 0 Å². The summed E-state index contributed by atoms with van der Waals surface area (Å²) in [4.78, 5) is 31.5. The number of rotatable bonds is 0. The average Bonchev–Trinajstić information content (AvgIpc) is 2.91. The number of pyridine rings is 1. The van der Waals surface area contributed by atoms with E-state index in [2.05, 4.69) is 9.97 Å². The van der Waals surface area contributed by atoms with Crippen LogP contribution in [0.1, 0.15) is 37.5 Å². The fourth-order valence-electron chi connectivity index (χ4n) is 2.82. The Morgan fingerprint density at radius 1 is 1.00 bits per heavy atom. The van der Waals surface area contributed by atoms with Crippen LogP contribution in [0.2, 0.25) is 0 Å². The monoisotopic (exact) mass is 316 g/mol. The fourth-order valence-corrected chi connectivity index (χ4v) is 2.82. The van der Waals surface area contributed by atoms with Gasteiger partial charge in [-0.1, -0.05) is 6.07 Å². The number of hydrogen-bond donors (Lipinski definition) is 1. The average molecular weight is 316 g/mol. The molecule has 2 heterocycles. The summed E-state index contributed by atoms with van der Waals surface area (Å²) in [6.45, 7) is 0. The van der Waals surface area contributed by atoms with Gasteiger partial charge in [0.2, 0.25) is 5.78 Å². The molecule has 114 valence electrons. The van der Waals surface area contributed by atoms with Crippen LogP contribution < -0.4 is 0 Å². The van der Waals surface area contributed by atoms with Crippen molar-refractivity contribution >= 4 is 22.5 Å². The molecule has 3 aromatic rings. The van der Waals surface area contributed by atoms with Crippen LogP contribution in [-0.2, 0) is 6.18 Å². The molecule has 0 radical (unpaired) electrons. The number of benzene rings is 1. The van der Waals surface area contributed by atoms with Crippen molar-refractivity contribution < 1.29 is 22.8 Å². The largest absolute Gasteiger partial charge is 0.416 e. The Hall–Kier alpha value is -2.96. The van der Waals surface area contributed by atoms with E-state index in [9.17, 15) is 22.8 Å². The van der Waals surface area contributed by atoms with Crippen LogP contribution >= 0.6 is 0 Å². The minimum absolute atomic E-state index is 0.0167. The van der Waals surface area contributed by atoms with E-state index >= 15 is 0 Å². The van der Waals surface area contributed by atoms with E-state index in [1.54, 1.807) is 0 Å². The van der Waals surface area contributed by atoms with Crippen LogP contribution in [0, 0.1) is 0 Å². The normalized spacial score (nSPS) is 14.0. The molecular weight excluding hydrogens is 309 g/mol. The second-order valence-electron chi connectivity index (χ2n) is 5.21.